The average Bonchev–Trinajstić information content (AvgIpc) is 2.42. The summed E-state index contributed by atoms with van der Waals surface area (Å²) in [5.74, 6) is -0.208. The molecule has 5 N–H and O–H groups in total. The summed E-state index contributed by atoms with van der Waals surface area (Å²) >= 11 is 3.77. The van der Waals surface area contributed by atoms with Crippen molar-refractivity contribution in [1.82, 2.24) is 5.32 Å². The Morgan fingerprint density at radius 3 is 2.53 bits per heavy atom. The van der Waals surface area contributed by atoms with Crippen LogP contribution >= 0.6 is 12.6 Å². The summed E-state index contributed by atoms with van der Waals surface area (Å²) in [5, 5.41) is 40.1. The van der Waals surface area contributed by atoms with Gasteiger partial charge < -0.3 is 35.2 Å². The first kappa shape index (κ1) is 16.6. The van der Waals surface area contributed by atoms with Gasteiger partial charge in [-0.2, -0.15) is 12.6 Å². The maximum Gasteiger partial charge on any atom is 0.229 e. The Hall–Kier alpha value is -0.420. The van der Waals surface area contributed by atoms with E-state index in [4.69, 9.17) is 14.6 Å². The second-order valence-electron chi connectivity index (χ2n) is 4.08. The first-order chi connectivity index (χ1) is 9.01. The van der Waals surface area contributed by atoms with Crippen molar-refractivity contribution in [3.63, 3.8) is 0 Å². The molecule has 8 nitrogen and oxygen atoms in total. The molecule has 0 aliphatic carbocycles. The number of nitrogens with one attached hydrogen (secondary N) is 1. The minimum Gasteiger partial charge on any atom is -0.394 e. The number of thiol groups is 1. The van der Waals surface area contributed by atoms with Crippen LogP contribution in [0.1, 0.15) is 0 Å². The van der Waals surface area contributed by atoms with Gasteiger partial charge in [-0.05, 0) is 0 Å². The molecule has 1 amide bonds. The van der Waals surface area contributed by atoms with Crippen LogP contribution in [0.25, 0.3) is 0 Å². The molecule has 0 saturated carbocycles. The van der Waals surface area contributed by atoms with E-state index in [1.54, 1.807) is 0 Å². The molecule has 5 atom stereocenters. The van der Waals surface area contributed by atoms with Crippen LogP contribution in [0.3, 0.4) is 0 Å². The third kappa shape index (κ3) is 4.56. The highest BCUT2D eigenvalue weighted by Crippen LogP contribution is 2.21. The Balaban J connectivity index is 2.37. The molecule has 1 saturated heterocycles. The average molecular weight is 297 g/mol. The Bertz CT molecular complexity index is 291. The number of hydrogen-bond donors (Lipinski definition) is 6. The highest BCUT2D eigenvalue weighted by atomic mass is 32.1. The zero-order chi connectivity index (χ0) is 14.4. The van der Waals surface area contributed by atoms with Crippen LogP contribution in [0.2, 0.25) is 0 Å². The molecule has 0 aromatic carbocycles. The molecule has 0 unspecified atom stereocenters. The van der Waals surface area contributed by atoms with Crippen LogP contribution in [-0.2, 0) is 14.3 Å². The van der Waals surface area contributed by atoms with E-state index in [2.05, 4.69) is 17.9 Å². The molecule has 1 rings (SSSR count). The Kier molecular flexibility index (Phi) is 7.00. The largest absolute Gasteiger partial charge is 0.394 e. The molecule has 0 radical (unpaired) electrons. The van der Waals surface area contributed by atoms with Gasteiger partial charge in [-0.25, -0.2) is 0 Å². The van der Waals surface area contributed by atoms with E-state index in [1.807, 2.05) is 0 Å². The number of carbonyl (C=O) groups is 1. The standard InChI is InChI=1S/C10H19NO7S/c12-3-5-7(14)8(15)9(16)10(18-5)17-2-1-11-6(13)4-19/h5,7-10,12,14-16,19H,1-4H2,(H,11,13)/t5-,7-,8+,9+,10+/m1/s1. The molecule has 1 aliphatic heterocycles. The second kappa shape index (κ2) is 8.00. The highest BCUT2D eigenvalue weighted by Gasteiger charge is 2.43. The Morgan fingerprint density at radius 2 is 1.95 bits per heavy atom. The summed E-state index contributed by atoms with van der Waals surface area (Å²) in [6.45, 7) is -0.280. The van der Waals surface area contributed by atoms with Gasteiger partial charge in [0.2, 0.25) is 5.91 Å². The predicted molar refractivity (Wildman–Crippen MR) is 66.6 cm³/mol. The lowest BCUT2D eigenvalue weighted by Gasteiger charge is -2.39. The minimum atomic E-state index is -1.47. The van der Waals surface area contributed by atoms with Crippen molar-refractivity contribution >= 4 is 18.5 Å². The van der Waals surface area contributed by atoms with Gasteiger partial charge in [0.05, 0.1) is 19.0 Å². The topological polar surface area (TPSA) is 128 Å². The third-order valence-electron chi connectivity index (χ3n) is 2.70. The maximum absolute atomic E-state index is 10.9. The van der Waals surface area contributed by atoms with Gasteiger partial charge >= 0.3 is 0 Å². The normalized spacial score (nSPS) is 35.1. The van der Waals surface area contributed by atoms with Gasteiger partial charge in [0, 0.05) is 6.54 Å². The fraction of sp³-hybridized carbons (Fsp3) is 0.900. The van der Waals surface area contributed by atoms with Crippen LogP contribution in [0.15, 0.2) is 0 Å². The molecule has 0 aromatic rings. The van der Waals surface area contributed by atoms with Gasteiger partial charge in [0.15, 0.2) is 6.29 Å². The van der Waals surface area contributed by atoms with Crippen molar-refractivity contribution in [3.8, 4) is 0 Å². The smallest absolute Gasteiger partial charge is 0.229 e. The van der Waals surface area contributed by atoms with Gasteiger partial charge in [-0.3, -0.25) is 4.79 Å². The number of carbonyl (C=O) groups excluding carboxylic acids is 1. The summed E-state index contributed by atoms with van der Waals surface area (Å²) in [7, 11) is 0. The van der Waals surface area contributed by atoms with Crippen molar-refractivity contribution in [3.05, 3.63) is 0 Å². The van der Waals surface area contributed by atoms with E-state index in [0.717, 1.165) is 0 Å². The lowest BCUT2D eigenvalue weighted by atomic mass is 9.99. The number of hydrogen-bond acceptors (Lipinski definition) is 8. The van der Waals surface area contributed by atoms with Crippen molar-refractivity contribution < 1.29 is 34.7 Å². The van der Waals surface area contributed by atoms with Gasteiger partial charge in [-0.1, -0.05) is 0 Å². The summed E-state index contributed by atoms with van der Waals surface area (Å²) in [6.07, 6.45) is -6.50. The quantitative estimate of drug-likeness (QED) is 0.226. The van der Waals surface area contributed by atoms with E-state index in [0.29, 0.717) is 0 Å². The molecule has 112 valence electrons. The summed E-state index contributed by atoms with van der Waals surface area (Å²) in [5.41, 5.74) is 0. The lowest BCUT2D eigenvalue weighted by Crippen LogP contribution is -2.59. The fourth-order valence-corrected chi connectivity index (χ4v) is 1.74. The lowest BCUT2D eigenvalue weighted by molar-refractivity contribution is -0.300. The number of aliphatic hydroxyl groups excluding tert-OH is 4. The molecule has 1 heterocycles. The Labute approximate surface area is 115 Å². The number of aliphatic hydroxyl groups is 4. The molecule has 1 aliphatic rings. The van der Waals surface area contributed by atoms with E-state index in [9.17, 15) is 20.1 Å². The molecule has 0 aromatic heterocycles. The van der Waals surface area contributed by atoms with Crippen molar-refractivity contribution in [2.45, 2.75) is 30.7 Å². The first-order valence-electron chi connectivity index (χ1n) is 5.81. The summed E-state index contributed by atoms with van der Waals surface area (Å²) < 4.78 is 10.3. The van der Waals surface area contributed by atoms with E-state index < -0.39 is 37.3 Å². The van der Waals surface area contributed by atoms with E-state index in [1.165, 1.54) is 0 Å². The minimum absolute atomic E-state index is 0.0439. The molecule has 1 fully saturated rings. The predicted octanol–water partition coefficient (Wildman–Crippen LogP) is -3.15. The number of ether oxygens (including phenoxy) is 2. The zero-order valence-electron chi connectivity index (χ0n) is 10.2. The molecule has 9 heteroatoms. The SMILES string of the molecule is O=C(CS)NCCO[C@H]1O[C@H](CO)[C@@H](O)[C@H](O)[C@@H]1O. The van der Waals surface area contributed by atoms with Crippen LogP contribution in [0.5, 0.6) is 0 Å². The second-order valence-corrected chi connectivity index (χ2v) is 4.39. The van der Waals surface area contributed by atoms with Crippen molar-refractivity contribution in [2.75, 3.05) is 25.5 Å². The van der Waals surface area contributed by atoms with Crippen LogP contribution in [0, 0.1) is 0 Å². The van der Waals surface area contributed by atoms with Gasteiger partial charge in [0.1, 0.15) is 24.4 Å². The van der Waals surface area contributed by atoms with Crippen LogP contribution in [0.4, 0.5) is 0 Å². The molecule has 0 bridgehead atoms. The molecule has 19 heavy (non-hydrogen) atoms. The maximum atomic E-state index is 10.9. The van der Waals surface area contributed by atoms with E-state index >= 15 is 0 Å². The summed E-state index contributed by atoms with van der Waals surface area (Å²) in [4.78, 5) is 10.9. The van der Waals surface area contributed by atoms with Gasteiger partial charge in [0.25, 0.3) is 0 Å². The number of rotatable bonds is 6. The Morgan fingerprint density at radius 1 is 1.26 bits per heavy atom. The zero-order valence-corrected chi connectivity index (χ0v) is 11.1. The molecular weight excluding hydrogens is 278 g/mol. The first-order valence-corrected chi connectivity index (χ1v) is 6.44. The fourth-order valence-electron chi connectivity index (χ4n) is 1.63. The van der Waals surface area contributed by atoms with Crippen molar-refractivity contribution in [2.24, 2.45) is 0 Å². The van der Waals surface area contributed by atoms with Gasteiger partial charge in [-0.15, -0.1) is 0 Å². The summed E-state index contributed by atoms with van der Waals surface area (Å²) in [6, 6.07) is 0. The number of amides is 1. The highest BCUT2D eigenvalue weighted by molar-refractivity contribution is 7.81. The third-order valence-corrected chi connectivity index (χ3v) is 2.99. The van der Waals surface area contributed by atoms with E-state index in [-0.39, 0.29) is 24.8 Å². The van der Waals surface area contributed by atoms with Crippen LogP contribution in [-0.4, -0.2) is 82.6 Å². The molecule has 0 spiro atoms. The monoisotopic (exact) mass is 297 g/mol. The molecular formula is C10H19NO7S. The van der Waals surface area contributed by atoms with Crippen molar-refractivity contribution in [1.29, 1.82) is 0 Å². The van der Waals surface area contributed by atoms with Crippen LogP contribution < -0.4 is 5.32 Å².